The molecule has 2 N–H and O–H groups in total. The van der Waals surface area contributed by atoms with Crippen LogP contribution in [0.3, 0.4) is 0 Å². The second-order valence-corrected chi connectivity index (χ2v) is 3.30. The van der Waals surface area contributed by atoms with E-state index in [1.807, 2.05) is 0 Å². The molecule has 0 heterocycles. The van der Waals surface area contributed by atoms with Crippen LogP contribution >= 0.6 is 0 Å². The maximum atomic E-state index is 12.7. The largest absolute Gasteiger partial charge is 0.371 e. The maximum absolute atomic E-state index is 12.7. The molecule has 0 saturated carbocycles. The molecule has 0 spiro atoms. The van der Waals surface area contributed by atoms with E-state index in [9.17, 15) is 8.78 Å². The van der Waals surface area contributed by atoms with Crippen molar-refractivity contribution in [2.24, 2.45) is 0 Å². The Labute approximate surface area is 88.9 Å². The van der Waals surface area contributed by atoms with E-state index in [1.165, 1.54) is 6.07 Å². The van der Waals surface area contributed by atoms with Gasteiger partial charge in [-0.1, -0.05) is 6.07 Å². The van der Waals surface area contributed by atoms with Gasteiger partial charge in [0.15, 0.2) is 11.6 Å². The third kappa shape index (κ3) is 3.67. The smallest absolute Gasteiger partial charge is 0.268 e. The lowest BCUT2D eigenvalue weighted by Gasteiger charge is -2.19. The van der Waals surface area contributed by atoms with Gasteiger partial charge in [0, 0.05) is 6.42 Å². The molecule has 1 aromatic rings. The van der Waals surface area contributed by atoms with E-state index in [0.29, 0.717) is 5.56 Å². The summed E-state index contributed by atoms with van der Waals surface area (Å²) in [6.07, 6.45) is -0.0176. The number of hydrogen-bond acceptors (Lipinski definition) is 3. The zero-order valence-electron chi connectivity index (χ0n) is 7.70. The van der Waals surface area contributed by atoms with Gasteiger partial charge in [-0.3, -0.25) is 0 Å². The second-order valence-electron chi connectivity index (χ2n) is 3.09. The van der Waals surface area contributed by atoms with Crippen molar-refractivity contribution in [1.82, 2.24) is 0 Å². The van der Waals surface area contributed by atoms with Gasteiger partial charge in [0.2, 0.25) is 0 Å². The molecule has 0 aliphatic carbocycles. The molecule has 0 fully saturated rings. The highest BCUT2D eigenvalue weighted by Crippen LogP contribution is 2.14. The van der Waals surface area contributed by atoms with Crippen LogP contribution in [0.4, 0.5) is 8.78 Å². The molecule has 15 heavy (non-hydrogen) atoms. The standard InChI is InChI=1S/C9H9F2O3Si/c10-7-2-1-6(5-8(7)11)3-4-9(12,13)14-15/h1-2,5,12-13H,3-4H2. The van der Waals surface area contributed by atoms with Gasteiger partial charge >= 0.3 is 0 Å². The van der Waals surface area contributed by atoms with Gasteiger partial charge in [-0.15, -0.1) is 0 Å². The zero-order valence-corrected chi connectivity index (χ0v) is 8.70. The minimum absolute atomic E-state index is 0.147. The fraction of sp³-hybridized carbons (Fsp3) is 0.333. The Hall–Kier alpha value is -0.823. The van der Waals surface area contributed by atoms with Crippen LogP contribution in [0.2, 0.25) is 0 Å². The molecule has 0 saturated heterocycles. The summed E-state index contributed by atoms with van der Waals surface area (Å²) in [6, 6.07) is 3.34. The van der Waals surface area contributed by atoms with Crippen LogP contribution in [-0.2, 0) is 10.8 Å². The Morgan fingerprint density at radius 3 is 2.47 bits per heavy atom. The Morgan fingerprint density at radius 2 is 1.93 bits per heavy atom. The van der Waals surface area contributed by atoms with E-state index in [4.69, 9.17) is 10.2 Å². The van der Waals surface area contributed by atoms with Crippen molar-refractivity contribution in [3.63, 3.8) is 0 Å². The molecule has 0 amide bonds. The van der Waals surface area contributed by atoms with Crippen molar-refractivity contribution in [3.8, 4) is 0 Å². The summed E-state index contributed by atoms with van der Waals surface area (Å²) in [4.78, 5) is 0. The van der Waals surface area contributed by atoms with E-state index in [0.717, 1.165) is 12.1 Å². The predicted molar refractivity (Wildman–Crippen MR) is 48.7 cm³/mol. The van der Waals surface area contributed by atoms with Crippen LogP contribution in [0, 0.1) is 11.6 Å². The first-order valence-corrected chi connectivity index (χ1v) is 4.59. The number of hydrogen-bond donors (Lipinski definition) is 2. The minimum atomic E-state index is -2.32. The number of halogens is 2. The summed E-state index contributed by atoms with van der Waals surface area (Å²) in [6.45, 7) is 0. The Morgan fingerprint density at radius 1 is 1.27 bits per heavy atom. The summed E-state index contributed by atoms with van der Waals surface area (Å²) < 4.78 is 29.4. The number of aliphatic hydroxyl groups is 2. The molecule has 1 rings (SSSR count). The fourth-order valence-electron chi connectivity index (χ4n) is 1.05. The third-order valence-electron chi connectivity index (χ3n) is 1.89. The molecule has 0 bridgehead atoms. The van der Waals surface area contributed by atoms with Gasteiger partial charge in [0.05, 0.1) is 0 Å². The molecule has 3 radical (unpaired) electrons. The summed E-state index contributed by atoms with van der Waals surface area (Å²) >= 11 is 0. The first kappa shape index (κ1) is 12.2. The first-order valence-electron chi connectivity index (χ1n) is 4.18. The molecule has 0 aliphatic heterocycles. The molecule has 6 heteroatoms. The number of aryl methyl sites for hydroxylation is 1. The molecule has 81 valence electrons. The van der Waals surface area contributed by atoms with Crippen LogP contribution in [0.5, 0.6) is 0 Å². The normalized spacial score (nSPS) is 11.8. The lowest BCUT2D eigenvalue weighted by atomic mass is 10.1. The predicted octanol–water partition coefficient (Wildman–Crippen LogP) is 0.636. The first-order chi connectivity index (χ1) is 6.94. The highest BCUT2D eigenvalue weighted by atomic mass is 28.2. The summed E-state index contributed by atoms with van der Waals surface area (Å²) in [5.41, 5.74) is 0.449. The molecule has 0 aromatic heterocycles. The topological polar surface area (TPSA) is 49.7 Å². The molecule has 0 aliphatic rings. The SMILES string of the molecule is OC(O)(CCc1ccc(F)c(F)c1)O[Si]. The van der Waals surface area contributed by atoms with Crippen molar-refractivity contribution >= 4 is 10.5 Å². The van der Waals surface area contributed by atoms with Gasteiger partial charge in [-0.25, -0.2) is 8.78 Å². The van der Waals surface area contributed by atoms with E-state index in [2.05, 4.69) is 14.9 Å². The van der Waals surface area contributed by atoms with E-state index in [1.54, 1.807) is 0 Å². The summed E-state index contributed by atoms with van der Waals surface area (Å²) in [5, 5.41) is 18.1. The molecule has 0 atom stereocenters. The zero-order chi connectivity index (χ0) is 11.5. The van der Waals surface area contributed by atoms with Crippen LogP contribution in [-0.4, -0.2) is 26.7 Å². The third-order valence-corrected chi connectivity index (χ3v) is 2.21. The van der Waals surface area contributed by atoms with E-state index < -0.39 is 17.6 Å². The van der Waals surface area contributed by atoms with Gasteiger partial charge in [0.25, 0.3) is 16.5 Å². The maximum Gasteiger partial charge on any atom is 0.268 e. The molecule has 0 unspecified atom stereocenters. The van der Waals surface area contributed by atoms with Crippen molar-refractivity contribution in [2.45, 2.75) is 18.8 Å². The monoisotopic (exact) mass is 231 g/mol. The minimum Gasteiger partial charge on any atom is -0.371 e. The molecule has 3 nitrogen and oxygen atoms in total. The van der Waals surface area contributed by atoms with Gasteiger partial charge in [0.1, 0.15) is 0 Å². The second kappa shape index (κ2) is 4.80. The molecular weight excluding hydrogens is 222 g/mol. The van der Waals surface area contributed by atoms with Gasteiger partial charge < -0.3 is 14.6 Å². The Kier molecular flexibility index (Phi) is 3.92. The fourth-order valence-corrected chi connectivity index (χ4v) is 1.16. The lowest BCUT2D eigenvalue weighted by molar-refractivity contribution is -0.294. The van der Waals surface area contributed by atoms with Gasteiger partial charge in [-0.05, 0) is 24.1 Å². The van der Waals surface area contributed by atoms with Crippen molar-refractivity contribution < 1.29 is 23.4 Å². The Balaban J connectivity index is 2.62. The van der Waals surface area contributed by atoms with Crippen molar-refractivity contribution in [2.75, 3.05) is 0 Å². The van der Waals surface area contributed by atoms with Crippen LogP contribution in [0.25, 0.3) is 0 Å². The van der Waals surface area contributed by atoms with Gasteiger partial charge in [-0.2, -0.15) is 0 Å². The van der Waals surface area contributed by atoms with Crippen LogP contribution in [0.15, 0.2) is 18.2 Å². The average molecular weight is 231 g/mol. The summed E-state index contributed by atoms with van der Waals surface area (Å²) in [7, 11) is 2.48. The van der Waals surface area contributed by atoms with Crippen molar-refractivity contribution in [3.05, 3.63) is 35.4 Å². The average Bonchev–Trinajstić information content (AvgIpc) is 2.20. The van der Waals surface area contributed by atoms with E-state index in [-0.39, 0.29) is 12.8 Å². The lowest BCUT2D eigenvalue weighted by Crippen LogP contribution is -2.31. The number of rotatable bonds is 4. The van der Waals surface area contributed by atoms with Crippen LogP contribution in [0.1, 0.15) is 12.0 Å². The molecular formula is C9H9F2O3Si. The molecule has 1 aromatic carbocycles. The van der Waals surface area contributed by atoms with Crippen molar-refractivity contribution in [1.29, 1.82) is 0 Å². The summed E-state index contributed by atoms with van der Waals surface area (Å²) in [5.74, 6) is -4.22. The Bertz CT molecular complexity index is 344. The highest BCUT2D eigenvalue weighted by molar-refractivity contribution is 5.98. The quantitative estimate of drug-likeness (QED) is 0.590. The number of benzene rings is 1. The van der Waals surface area contributed by atoms with E-state index >= 15 is 0 Å². The van der Waals surface area contributed by atoms with Crippen LogP contribution < -0.4 is 0 Å². The highest BCUT2D eigenvalue weighted by Gasteiger charge is 2.21.